The fourth-order valence-corrected chi connectivity index (χ4v) is 4.29. The van der Waals surface area contributed by atoms with Crippen LogP contribution in [-0.4, -0.2) is 4.98 Å². The van der Waals surface area contributed by atoms with Gasteiger partial charge in [-0.2, -0.15) is 0 Å². The van der Waals surface area contributed by atoms with Crippen molar-refractivity contribution in [2.24, 2.45) is 0 Å². The number of para-hydroxylation sites is 2. The molecule has 0 amide bonds. The van der Waals surface area contributed by atoms with Gasteiger partial charge in [0, 0.05) is 21.7 Å². The van der Waals surface area contributed by atoms with E-state index in [2.05, 4.69) is 82.3 Å². The standard InChI is InChI=1S/C26H23NO/c1-15(2)19-9-7-10-21-23-20-8-5-6-11-22(20)27-24(26(23)28-25(19)21)18-13-16(3)12-17(4)14-18/h5-15H,1-4H3. The van der Waals surface area contributed by atoms with E-state index in [1.54, 1.807) is 0 Å². The Morgan fingerprint density at radius 3 is 2.25 bits per heavy atom. The SMILES string of the molecule is Cc1cc(C)cc(-c2nc3ccccc3c3c2oc2c(C(C)C)cccc23)c1. The molecule has 2 nitrogen and oxygen atoms in total. The average molecular weight is 365 g/mol. The maximum absolute atomic E-state index is 6.56. The first-order chi connectivity index (χ1) is 13.5. The molecule has 0 aliphatic carbocycles. The Morgan fingerprint density at radius 2 is 1.50 bits per heavy atom. The molecule has 2 aromatic heterocycles. The number of aryl methyl sites for hydroxylation is 2. The summed E-state index contributed by atoms with van der Waals surface area (Å²) in [7, 11) is 0. The summed E-state index contributed by atoms with van der Waals surface area (Å²) in [5.41, 5.74) is 8.60. The Kier molecular flexibility index (Phi) is 3.77. The number of pyridine rings is 1. The molecule has 28 heavy (non-hydrogen) atoms. The molecule has 138 valence electrons. The van der Waals surface area contributed by atoms with Gasteiger partial charge in [-0.25, -0.2) is 4.98 Å². The Hall–Kier alpha value is -3.13. The minimum atomic E-state index is 0.396. The lowest BCUT2D eigenvalue weighted by Gasteiger charge is -2.08. The number of hydrogen-bond acceptors (Lipinski definition) is 2. The Balaban J connectivity index is 2.00. The highest BCUT2D eigenvalue weighted by atomic mass is 16.3. The fourth-order valence-electron chi connectivity index (χ4n) is 4.29. The number of aromatic nitrogens is 1. The summed E-state index contributed by atoms with van der Waals surface area (Å²) in [6.07, 6.45) is 0. The quantitative estimate of drug-likeness (QED) is 0.323. The number of hydrogen-bond donors (Lipinski definition) is 0. The third kappa shape index (κ3) is 2.52. The van der Waals surface area contributed by atoms with E-state index < -0.39 is 0 Å². The van der Waals surface area contributed by atoms with Gasteiger partial charge in [-0.05, 0) is 43.5 Å². The molecule has 0 bridgehead atoms. The maximum atomic E-state index is 6.56. The van der Waals surface area contributed by atoms with Crippen LogP contribution in [-0.2, 0) is 0 Å². The third-order valence-corrected chi connectivity index (χ3v) is 5.48. The van der Waals surface area contributed by atoms with Gasteiger partial charge in [0.1, 0.15) is 11.3 Å². The molecule has 0 N–H and O–H groups in total. The Bertz CT molecular complexity index is 1340. The second-order valence-electron chi connectivity index (χ2n) is 8.04. The van der Waals surface area contributed by atoms with Crippen molar-refractivity contribution < 1.29 is 4.42 Å². The molecular formula is C26H23NO. The second kappa shape index (κ2) is 6.20. The smallest absolute Gasteiger partial charge is 0.162 e. The van der Waals surface area contributed by atoms with Crippen molar-refractivity contribution in [3.8, 4) is 11.3 Å². The number of fused-ring (bicyclic) bond motifs is 5. The zero-order valence-electron chi connectivity index (χ0n) is 16.7. The lowest BCUT2D eigenvalue weighted by atomic mass is 9.98. The van der Waals surface area contributed by atoms with Crippen LogP contribution in [0.15, 0.2) is 65.1 Å². The van der Waals surface area contributed by atoms with Crippen molar-refractivity contribution in [1.29, 1.82) is 0 Å². The largest absolute Gasteiger partial charge is 0.453 e. The van der Waals surface area contributed by atoms with Crippen molar-refractivity contribution in [1.82, 2.24) is 4.98 Å². The van der Waals surface area contributed by atoms with Gasteiger partial charge in [0.15, 0.2) is 5.58 Å². The normalized spacial score (nSPS) is 11.9. The van der Waals surface area contributed by atoms with Crippen molar-refractivity contribution in [2.75, 3.05) is 0 Å². The van der Waals surface area contributed by atoms with E-state index in [0.717, 1.165) is 38.7 Å². The van der Waals surface area contributed by atoms with Crippen LogP contribution < -0.4 is 0 Å². The summed E-state index contributed by atoms with van der Waals surface area (Å²) in [4.78, 5) is 5.03. The molecule has 0 aliphatic heterocycles. The fraction of sp³-hybridized carbons (Fsp3) is 0.192. The summed E-state index contributed by atoms with van der Waals surface area (Å²) in [5.74, 6) is 0.396. The monoisotopic (exact) mass is 365 g/mol. The predicted molar refractivity (Wildman–Crippen MR) is 118 cm³/mol. The zero-order chi connectivity index (χ0) is 19.4. The van der Waals surface area contributed by atoms with Crippen molar-refractivity contribution in [3.05, 3.63) is 77.4 Å². The van der Waals surface area contributed by atoms with Crippen LogP contribution in [0.25, 0.3) is 44.1 Å². The molecule has 2 heteroatoms. The molecule has 3 aromatic carbocycles. The molecule has 0 fully saturated rings. The topological polar surface area (TPSA) is 26.0 Å². The molecule has 5 rings (SSSR count). The molecule has 0 saturated heterocycles. The van der Waals surface area contributed by atoms with Gasteiger partial charge in [0.05, 0.1) is 5.52 Å². The highest BCUT2D eigenvalue weighted by Crippen LogP contribution is 2.41. The number of rotatable bonds is 2. The molecule has 0 unspecified atom stereocenters. The first-order valence-corrected chi connectivity index (χ1v) is 9.85. The Morgan fingerprint density at radius 1 is 0.786 bits per heavy atom. The minimum Gasteiger partial charge on any atom is -0.453 e. The number of nitrogens with zero attached hydrogens (tertiary/aromatic N) is 1. The summed E-state index contributed by atoms with van der Waals surface area (Å²) < 4.78 is 6.56. The lowest BCUT2D eigenvalue weighted by molar-refractivity contribution is 0.657. The molecule has 0 spiro atoms. The van der Waals surface area contributed by atoms with Crippen LogP contribution >= 0.6 is 0 Å². The second-order valence-corrected chi connectivity index (χ2v) is 8.04. The van der Waals surface area contributed by atoms with Gasteiger partial charge < -0.3 is 4.42 Å². The summed E-state index contributed by atoms with van der Waals surface area (Å²) >= 11 is 0. The number of furan rings is 1. The van der Waals surface area contributed by atoms with Gasteiger partial charge in [-0.3, -0.25) is 0 Å². The van der Waals surface area contributed by atoms with Gasteiger partial charge >= 0.3 is 0 Å². The molecule has 0 aliphatic rings. The van der Waals surface area contributed by atoms with E-state index in [1.165, 1.54) is 22.1 Å². The van der Waals surface area contributed by atoms with Gasteiger partial charge in [0.25, 0.3) is 0 Å². The molecule has 5 aromatic rings. The molecule has 0 saturated carbocycles. The van der Waals surface area contributed by atoms with Crippen LogP contribution in [0.3, 0.4) is 0 Å². The van der Waals surface area contributed by atoms with E-state index in [9.17, 15) is 0 Å². The van der Waals surface area contributed by atoms with Gasteiger partial charge in [-0.15, -0.1) is 0 Å². The Labute approximate surface area is 164 Å². The van der Waals surface area contributed by atoms with E-state index in [4.69, 9.17) is 9.40 Å². The van der Waals surface area contributed by atoms with Crippen LogP contribution in [0.4, 0.5) is 0 Å². The van der Waals surface area contributed by atoms with Gasteiger partial charge in [-0.1, -0.05) is 67.4 Å². The molecular weight excluding hydrogens is 342 g/mol. The first kappa shape index (κ1) is 17.0. The van der Waals surface area contributed by atoms with Crippen LogP contribution in [0.5, 0.6) is 0 Å². The zero-order valence-corrected chi connectivity index (χ0v) is 16.7. The highest BCUT2D eigenvalue weighted by molar-refractivity contribution is 6.21. The molecule has 0 radical (unpaired) electrons. The van der Waals surface area contributed by atoms with Crippen molar-refractivity contribution in [3.63, 3.8) is 0 Å². The van der Waals surface area contributed by atoms with Gasteiger partial charge in [0.2, 0.25) is 0 Å². The number of benzene rings is 3. The summed E-state index contributed by atoms with van der Waals surface area (Å²) in [6.45, 7) is 8.68. The summed E-state index contributed by atoms with van der Waals surface area (Å²) in [5, 5.41) is 3.48. The third-order valence-electron chi connectivity index (χ3n) is 5.48. The molecule has 2 heterocycles. The van der Waals surface area contributed by atoms with E-state index >= 15 is 0 Å². The minimum absolute atomic E-state index is 0.396. The van der Waals surface area contributed by atoms with Crippen molar-refractivity contribution in [2.45, 2.75) is 33.6 Å². The average Bonchev–Trinajstić information content (AvgIpc) is 3.06. The first-order valence-electron chi connectivity index (χ1n) is 9.85. The van der Waals surface area contributed by atoms with Crippen LogP contribution in [0.1, 0.15) is 36.5 Å². The molecule has 0 atom stereocenters. The summed E-state index contributed by atoms with van der Waals surface area (Å²) in [6, 6.07) is 21.4. The van der Waals surface area contributed by atoms with Crippen molar-refractivity contribution >= 4 is 32.8 Å². The van der Waals surface area contributed by atoms with E-state index in [1.807, 2.05) is 6.07 Å². The van der Waals surface area contributed by atoms with E-state index in [-0.39, 0.29) is 0 Å². The van der Waals surface area contributed by atoms with Crippen LogP contribution in [0.2, 0.25) is 0 Å². The van der Waals surface area contributed by atoms with Crippen LogP contribution in [0, 0.1) is 13.8 Å². The highest BCUT2D eigenvalue weighted by Gasteiger charge is 2.20. The predicted octanol–water partition coefficient (Wildman–Crippen LogP) is 7.54. The lowest BCUT2D eigenvalue weighted by Crippen LogP contribution is -1.89. The van der Waals surface area contributed by atoms with E-state index in [0.29, 0.717) is 5.92 Å². The maximum Gasteiger partial charge on any atom is 0.162 e.